The van der Waals surface area contributed by atoms with Crippen molar-refractivity contribution in [1.29, 1.82) is 0 Å². The number of hydrogen-bond donors (Lipinski definition) is 3. The van der Waals surface area contributed by atoms with Gasteiger partial charge in [0.15, 0.2) is 0 Å². The Labute approximate surface area is 114 Å². The van der Waals surface area contributed by atoms with E-state index in [0.29, 0.717) is 5.41 Å². The second-order valence-electron chi connectivity index (χ2n) is 5.85. The number of rotatable bonds is 6. The molecular formula is C16H23N3. The first-order valence-corrected chi connectivity index (χ1v) is 7.23. The average molecular weight is 257 g/mol. The molecule has 0 amide bonds. The van der Waals surface area contributed by atoms with Crippen molar-refractivity contribution in [1.82, 2.24) is 15.6 Å². The van der Waals surface area contributed by atoms with E-state index in [9.17, 15) is 0 Å². The number of benzene rings is 1. The van der Waals surface area contributed by atoms with E-state index >= 15 is 0 Å². The van der Waals surface area contributed by atoms with E-state index in [1.165, 1.54) is 35.7 Å². The van der Waals surface area contributed by atoms with Gasteiger partial charge in [-0.05, 0) is 36.9 Å². The summed E-state index contributed by atoms with van der Waals surface area (Å²) in [7, 11) is 2.06. The van der Waals surface area contributed by atoms with E-state index in [1.807, 2.05) is 0 Å². The van der Waals surface area contributed by atoms with E-state index in [2.05, 4.69) is 53.1 Å². The highest BCUT2D eigenvalue weighted by molar-refractivity contribution is 5.82. The molecule has 1 aliphatic carbocycles. The van der Waals surface area contributed by atoms with Crippen LogP contribution >= 0.6 is 0 Å². The van der Waals surface area contributed by atoms with Crippen LogP contribution in [0.4, 0.5) is 0 Å². The second kappa shape index (κ2) is 5.35. The summed E-state index contributed by atoms with van der Waals surface area (Å²) in [4.78, 5) is 3.34. The van der Waals surface area contributed by atoms with Crippen LogP contribution in [0.25, 0.3) is 10.9 Å². The summed E-state index contributed by atoms with van der Waals surface area (Å²) in [6.45, 7) is 3.21. The van der Waals surface area contributed by atoms with Crippen LogP contribution in [0.1, 0.15) is 24.8 Å². The number of aromatic amines is 1. The van der Waals surface area contributed by atoms with Gasteiger partial charge < -0.3 is 15.6 Å². The Kier molecular flexibility index (Phi) is 3.58. The Morgan fingerprint density at radius 2 is 2.05 bits per heavy atom. The third-order valence-electron chi connectivity index (χ3n) is 4.46. The smallest absolute Gasteiger partial charge is 0.0457 e. The van der Waals surface area contributed by atoms with Crippen molar-refractivity contribution < 1.29 is 0 Å². The third-order valence-corrected chi connectivity index (χ3v) is 4.46. The zero-order valence-corrected chi connectivity index (χ0v) is 11.6. The van der Waals surface area contributed by atoms with Crippen LogP contribution in [-0.2, 0) is 6.54 Å². The van der Waals surface area contributed by atoms with Gasteiger partial charge in [0.25, 0.3) is 0 Å². The number of aromatic nitrogens is 1. The van der Waals surface area contributed by atoms with Crippen molar-refractivity contribution in [3.63, 3.8) is 0 Å². The zero-order chi connectivity index (χ0) is 13.1. The Bertz CT molecular complexity index is 540. The molecule has 2 aromatic rings. The van der Waals surface area contributed by atoms with Crippen LogP contribution in [0.5, 0.6) is 0 Å². The van der Waals surface area contributed by atoms with Gasteiger partial charge in [-0.15, -0.1) is 0 Å². The summed E-state index contributed by atoms with van der Waals surface area (Å²) < 4.78 is 0. The molecule has 0 saturated heterocycles. The lowest BCUT2D eigenvalue weighted by molar-refractivity contribution is 0.130. The first kappa shape index (κ1) is 12.7. The molecule has 1 saturated carbocycles. The molecule has 19 heavy (non-hydrogen) atoms. The van der Waals surface area contributed by atoms with Crippen LogP contribution < -0.4 is 10.6 Å². The standard InChI is InChI=1S/C16H23N3/c1-17-11-16(7-4-8-16)12-18-9-13-10-19-15-6-3-2-5-14(13)15/h2-3,5-6,10,17-19H,4,7-9,11-12H2,1H3. The molecule has 3 rings (SSSR count). The van der Waals surface area contributed by atoms with Crippen molar-refractivity contribution in [3.05, 3.63) is 36.0 Å². The summed E-state index contributed by atoms with van der Waals surface area (Å²) in [5.41, 5.74) is 3.10. The summed E-state index contributed by atoms with van der Waals surface area (Å²) >= 11 is 0. The predicted molar refractivity (Wildman–Crippen MR) is 80.2 cm³/mol. The Morgan fingerprint density at radius 1 is 1.21 bits per heavy atom. The molecule has 1 fully saturated rings. The maximum absolute atomic E-state index is 3.65. The molecule has 1 heterocycles. The van der Waals surface area contributed by atoms with E-state index in [1.54, 1.807) is 0 Å². The van der Waals surface area contributed by atoms with Crippen LogP contribution in [0.3, 0.4) is 0 Å². The Hall–Kier alpha value is -1.32. The highest BCUT2D eigenvalue weighted by Crippen LogP contribution is 2.39. The average Bonchev–Trinajstić information content (AvgIpc) is 2.79. The lowest BCUT2D eigenvalue weighted by Crippen LogP contribution is -2.46. The number of H-pyrrole nitrogens is 1. The predicted octanol–water partition coefficient (Wildman–Crippen LogP) is 2.65. The molecule has 3 heteroatoms. The van der Waals surface area contributed by atoms with Gasteiger partial charge in [0.2, 0.25) is 0 Å². The fourth-order valence-corrected chi connectivity index (χ4v) is 3.21. The van der Waals surface area contributed by atoms with Gasteiger partial charge in [-0.2, -0.15) is 0 Å². The molecule has 0 atom stereocenters. The lowest BCUT2D eigenvalue weighted by atomic mass is 9.68. The maximum Gasteiger partial charge on any atom is 0.0457 e. The van der Waals surface area contributed by atoms with E-state index < -0.39 is 0 Å². The second-order valence-corrected chi connectivity index (χ2v) is 5.85. The summed E-state index contributed by atoms with van der Waals surface area (Å²) in [6.07, 6.45) is 6.23. The van der Waals surface area contributed by atoms with Gasteiger partial charge in [0.05, 0.1) is 0 Å². The minimum atomic E-state index is 0.501. The maximum atomic E-state index is 3.65. The van der Waals surface area contributed by atoms with Gasteiger partial charge in [0.1, 0.15) is 0 Å². The summed E-state index contributed by atoms with van der Waals surface area (Å²) in [5, 5.41) is 8.32. The highest BCUT2D eigenvalue weighted by atomic mass is 14.9. The van der Waals surface area contributed by atoms with Crippen molar-refractivity contribution in [2.75, 3.05) is 20.1 Å². The molecule has 102 valence electrons. The fraction of sp³-hybridized carbons (Fsp3) is 0.500. The molecule has 0 spiro atoms. The van der Waals surface area contributed by atoms with E-state index in [0.717, 1.165) is 19.6 Å². The zero-order valence-electron chi connectivity index (χ0n) is 11.6. The van der Waals surface area contributed by atoms with Crippen molar-refractivity contribution in [3.8, 4) is 0 Å². The van der Waals surface area contributed by atoms with Gasteiger partial charge in [-0.1, -0.05) is 24.6 Å². The SMILES string of the molecule is CNCC1(CNCc2c[nH]c3ccccc23)CCC1. The Morgan fingerprint density at radius 3 is 2.79 bits per heavy atom. The molecule has 0 radical (unpaired) electrons. The molecule has 1 aromatic carbocycles. The molecule has 3 N–H and O–H groups in total. The molecule has 1 aliphatic rings. The van der Waals surface area contributed by atoms with Gasteiger partial charge in [-0.3, -0.25) is 0 Å². The number of fused-ring (bicyclic) bond motifs is 1. The van der Waals surface area contributed by atoms with Gasteiger partial charge in [0, 0.05) is 36.7 Å². The summed E-state index contributed by atoms with van der Waals surface area (Å²) in [6, 6.07) is 8.50. The Balaban J connectivity index is 1.60. The molecule has 1 aromatic heterocycles. The van der Waals surface area contributed by atoms with Crippen LogP contribution in [0, 0.1) is 5.41 Å². The van der Waals surface area contributed by atoms with Crippen LogP contribution in [0.2, 0.25) is 0 Å². The minimum Gasteiger partial charge on any atom is -0.361 e. The normalized spacial score (nSPS) is 17.5. The number of hydrogen-bond acceptors (Lipinski definition) is 2. The monoisotopic (exact) mass is 257 g/mol. The van der Waals surface area contributed by atoms with Gasteiger partial charge >= 0.3 is 0 Å². The van der Waals surface area contributed by atoms with Crippen LogP contribution in [-0.4, -0.2) is 25.1 Å². The molecule has 0 unspecified atom stereocenters. The third kappa shape index (κ3) is 2.53. The summed E-state index contributed by atoms with van der Waals surface area (Å²) in [5.74, 6) is 0. The highest BCUT2D eigenvalue weighted by Gasteiger charge is 2.35. The van der Waals surface area contributed by atoms with E-state index in [4.69, 9.17) is 0 Å². The number of nitrogens with one attached hydrogen (secondary N) is 3. The largest absolute Gasteiger partial charge is 0.361 e. The topological polar surface area (TPSA) is 39.8 Å². The fourth-order valence-electron chi connectivity index (χ4n) is 3.21. The minimum absolute atomic E-state index is 0.501. The van der Waals surface area contributed by atoms with Crippen molar-refractivity contribution in [2.24, 2.45) is 5.41 Å². The molecule has 0 aliphatic heterocycles. The molecule has 3 nitrogen and oxygen atoms in total. The first-order chi connectivity index (χ1) is 9.33. The lowest BCUT2D eigenvalue weighted by Gasteiger charge is -2.42. The van der Waals surface area contributed by atoms with E-state index in [-0.39, 0.29) is 0 Å². The van der Waals surface area contributed by atoms with Gasteiger partial charge in [-0.25, -0.2) is 0 Å². The van der Waals surface area contributed by atoms with Crippen LogP contribution in [0.15, 0.2) is 30.5 Å². The molecular weight excluding hydrogens is 234 g/mol. The first-order valence-electron chi connectivity index (χ1n) is 7.23. The molecule has 0 bridgehead atoms. The quantitative estimate of drug-likeness (QED) is 0.744. The van der Waals surface area contributed by atoms with Crippen molar-refractivity contribution >= 4 is 10.9 Å². The van der Waals surface area contributed by atoms with Crippen molar-refractivity contribution in [2.45, 2.75) is 25.8 Å². The number of para-hydroxylation sites is 1.